The van der Waals surface area contributed by atoms with Crippen LogP contribution >= 0.6 is 0 Å². The highest BCUT2D eigenvalue weighted by Crippen LogP contribution is 2.14. The molecule has 0 aliphatic rings. The molecule has 3 nitrogen and oxygen atoms in total. The van der Waals surface area contributed by atoms with Gasteiger partial charge < -0.3 is 5.32 Å². The third-order valence-electron chi connectivity index (χ3n) is 2.38. The highest BCUT2D eigenvalue weighted by Gasteiger charge is 2.06. The molecule has 5 heteroatoms. The van der Waals surface area contributed by atoms with E-state index < -0.39 is 11.6 Å². The van der Waals surface area contributed by atoms with Crippen molar-refractivity contribution in [2.75, 3.05) is 5.32 Å². The van der Waals surface area contributed by atoms with Gasteiger partial charge in [-0.2, -0.15) is 5.26 Å². The molecule has 0 bridgehead atoms. The van der Waals surface area contributed by atoms with Crippen LogP contribution in [0.15, 0.2) is 36.5 Å². The Morgan fingerprint density at radius 1 is 1.28 bits per heavy atom. The first kappa shape index (κ1) is 12.0. The maximum atomic E-state index is 13.4. The zero-order valence-corrected chi connectivity index (χ0v) is 9.32. The fourth-order valence-corrected chi connectivity index (χ4v) is 1.49. The molecule has 0 amide bonds. The van der Waals surface area contributed by atoms with Crippen LogP contribution in [0.4, 0.5) is 14.6 Å². The molecule has 18 heavy (non-hydrogen) atoms. The minimum absolute atomic E-state index is 0.0648. The second-order valence-corrected chi connectivity index (χ2v) is 3.60. The summed E-state index contributed by atoms with van der Waals surface area (Å²) >= 11 is 0. The van der Waals surface area contributed by atoms with Crippen molar-refractivity contribution in [3.8, 4) is 6.07 Å². The van der Waals surface area contributed by atoms with Crippen LogP contribution in [0.1, 0.15) is 11.1 Å². The van der Waals surface area contributed by atoms with Crippen molar-refractivity contribution in [3.63, 3.8) is 0 Å². The summed E-state index contributed by atoms with van der Waals surface area (Å²) in [6.07, 6.45) is 1.52. The van der Waals surface area contributed by atoms with E-state index in [1.807, 2.05) is 6.07 Å². The monoisotopic (exact) mass is 245 g/mol. The van der Waals surface area contributed by atoms with Crippen molar-refractivity contribution in [1.29, 1.82) is 5.26 Å². The molecule has 0 radical (unpaired) electrons. The van der Waals surface area contributed by atoms with Crippen molar-refractivity contribution in [2.45, 2.75) is 6.54 Å². The Bertz CT molecular complexity index is 605. The number of hydrogen-bond donors (Lipinski definition) is 1. The Hall–Kier alpha value is -2.48. The number of halogens is 2. The molecule has 0 saturated heterocycles. The standard InChI is InChI=1S/C13H9F2N3/c14-11-3-4-12(15)10(6-11)8-18-13-9(7-16)2-1-5-17-13/h1-6H,8H2,(H,17,18). The first-order valence-corrected chi connectivity index (χ1v) is 5.23. The topological polar surface area (TPSA) is 48.7 Å². The summed E-state index contributed by atoms with van der Waals surface area (Å²) in [6.45, 7) is 0.0648. The van der Waals surface area contributed by atoms with Crippen molar-refractivity contribution >= 4 is 5.82 Å². The lowest BCUT2D eigenvalue weighted by atomic mass is 10.2. The Morgan fingerprint density at radius 2 is 2.11 bits per heavy atom. The average Bonchev–Trinajstić information content (AvgIpc) is 2.40. The van der Waals surface area contributed by atoms with Gasteiger partial charge in [-0.25, -0.2) is 13.8 Å². The molecule has 1 aromatic carbocycles. The summed E-state index contributed by atoms with van der Waals surface area (Å²) in [6, 6.07) is 8.42. The summed E-state index contributed by atoms with van der Waals surface area (Å²) in [5.74, 6) is -0.656. The number of benzene rings is 1. The summed E-state index contributed by atoms with van der Waals surface area (Å²) in [5, 5.41) is 11.7. The van der Waals surface area contributed by atoms with Crippen LogP contribution in [0.3, 0.4) is 0 Å². The van der Waals surface area contributed by atoms with Crippen molar-refractivity contribution in [1.82, 2.24) is 4.98 Å². The van der Waals surface area contributed by atoms with Gasteiger partial charge in [-0.15, -0.1) is 0 Å². The van der Waals surface area contributed by atoms with Gasteiger partial charge in [0.15, 0.2) is 0 Å². The zero-order valence-electron chi connectivity index (χ0n) is 9.32. The largest absolute Gasteiger partial charge is 0.365 e. The first-order chi connectivity index (χ1) is 8.70. The molecule has 0 unspecified atom stereocenters. The average molecular weight is 245 g/mol. The van der Waals surface area contributed by atoms with Gasteiger partial charge >= 0.3 is 0 Å². The van der Waals surface area contributed by atoms with Gasteiger partial charge in [0, 0.05) is 18.3 Å². The minimum atomic E-state index is -0.505. The SMILES string of the molecule is N#Cc1cccnc1NCc1cc(F)ccc1F. The normalized spacial score (nSPS) is 9.83. The first-order valence-electron chi connectivity index (χ1n) is 5.23. The number of nitrogens with one attached hydrogen (secondary N) is 1. The Morgan fingerprint density at radius 3 is 2.89 bits per heavy atom. The summed E-state index contributed by atoms with van der Waals surface area (Å²) < 4.78 is 26.3. The van der Waals surface area contributed by atoms with Crippen LogP contribution in [0.2, 0.25) is 0 Å². The van der Waals surface area contributed by atoms with E-state index in [0.717, 1.165) is 18.2 Å². The fourth-order valence-electron chi connectivity index (χ4n) is 1.49. The highest BCUT2D eigenvalue weighted by atomic mass is 19.1. The molecule has 0 atom stereocenters. The second kappa shape index (κ2) is 5.23. The number of nitriles is 1. The van der Waals surface area contributed by atoms with E-state index in [9.17, 15) is 8.78 Å². The second-order valence-electron chi connectivity index (χ2n) is 3.60. The van der Waals surface area contributed by atoms with E-state index in [0.29, 0.717) is 11.4 Å². The summed E-state index contributed by atoms with van der Waals surface area (Å²) in [5.41, 5.74) is 0.541. The van der Waals surface area contributed by atoms with Gasteiger partial charge in [-0.1, -0.05) is 0 Å². The number of rotatable bonds is 3. The smallest absolute Gasteiger partial charge is 0.144 e. The van der Waals surface area contributed by atoms with E-state index in [1.54, 1.807) is 12.1 Å². The maximum absolute atomic E-state index is 13.4. The lowest BCUT2D eigenvalue weighted by molar-refractivity contribution is 0.587. The van der Waals surface area contributed by atoms with Gasteiger partial charge in [0.1, 0.15) is 23.5 Å². The molecule has 0 aliphatic heterocycles. The van der Waals surface area contributed by atoms with Gasteiger partial charge in [0.2, 0.25) is 0 Å². The molecule has 1 aromatic heterocycles. The van der Waals surface area contributed by atoms with E-state index in [1.165, 1.54) is 6.20 Å². The Kier molecular flexibility index (Phi) is 3.49. The van der Waals surface area contributed by atoms with Gasteiger partial charge in [-0.3, -0.25) is 0 Å². The summed E-state index contributed by atoms with van der Waals surface area (Å²) in [7, 11) is 0. The number of hydrogen-bond acceptors (Lipinski definition) is 3. The van der Waals surface area contributed by atoms with Gasteiger partial charge in [0.05, 0.1) is 5.56 Å². The predicted octanol–water partition coefficient (Wildman–Crippen LogP) is 2.84. The lowest BCUT2D eigenvalue weighted by Crippen LogP contribution is -2.05. The molecule has 0 fully saturated rings. The van der Waals surface area contributed by atoms with Crippen LogP contribution < -0.4 is 5.32 Å². The molecule has 0 saturated carbocycles. The molecule has 1 heterocycles. The third-order valence-corrected chi connectivity index (χ3v) is 2.38. The van der Waals surface area contributed by atoms with Gasteiger partial charge in [0.25, 0.3) is 0 Å². The quantitative estimate of drug-likeness (QED) is 0.904. The minimum Gasteiger partial charge on any atom is -0.365 e. The van der Waals surface area contributed by atoms with Gasteiger partial charge in [-0.05, 0) is 30.3 Å². The zero-order chi connectivity index (χ0) is 13.0. The lowest BCUT2D eigenvalue weighted by Gasteiger charge is -2.07. The van der Waals surface area contributed by atoms with Crippen LogP contribution in [-0.2, 0) is 6.54 Å². The van der Waals surface area contributed by atoms with Crippen LogP contribution in [0.5, 0.6) is 0 Å². The molecular formula is C13H9F2N3. The van der Waals surface area contributed by atoms with Crippen molar-refractivity contribution < 1.29 is 8.78 Å². The molecule has 2 rings (SSSR count). The number of aromatic nitrogens is 1. The van der Waals surface area contributed by atoms with E-state index in [4.69, 9.17) is 5.26 Å². The van der Waals surface area contributed by atoms with Crippen LogP contribution in [0.25, 0.3) is 0 Å². The molecule has 2 aromatic rings. The highest BCUT2D eigenvalue weighted by molar-refractivity contribution is 5.51. The van der Waals surface area contributed by atoms with E-state index in [-0.39, 0.29) is 12.1 Å². The van der Waals surface area contributed by atoms with E-state index >= 15 is 0 Å². The van der Waals surface area contributed by atoms with Crippen molar-refractivity contribution in [2.24, 2.45) is 0 Å². The van der Waals surface area contributed by atoms with Crippen molar-refractivity contribution in [3.05, 3.63) is 59.3 Å². The maximum Gasteiger partial charge on any atom is 0.144 e. The molecule has 0 spiro atoms. The fraction of sp³-hybridized carbons (Fsp3) is 0.0769. The van der Waals surface area contributed by atoms with Crippen LogP contribution in [-0.4, -0.2) is 4.98 Å². The predicted molar refractivity (Wildman–Crippen MR) is 62.6 cm³/mol. The third kappa shape index (κ3) is 2.61. The Labute approximate surface area is 103 Å². The number of nitrogens with zero attached hydrogens (tertiary/aromatic N) is 2. The molecule has 0 aliphatic carbocycles. The van der Waals surface area contributed by atoms with E-state index in [2.05, 4.69) is 10.3 Å². The summed E-state index contributed by atoms with van der Waals surface area (Å²) in [4.78, 5) is 3.97. The molecule has 90 valence electrons. The molecule has 1 N–H and O–H groups in total. The number of pyridine rings is 1. The van der Waals surface area contributed by atoms with Crippen LogP contribution in [0, 0.1) is 23.0 Å². The Balaban J connectivity index is 2.17. The number of anilines is 1. The molecular weight excluding hydrogens is 236 g/mol.